The molecule has 3 rings (SSSR count). The van der Waals surface area contributed by atoms with Gasteiger partial charge in [-0.3, -0.25) is 14.7 Å². The number of likely N-dealkylation sites (tertiary alicyclic amines) is 1. The maximum Gasteiger partial charge on any atom is 0.159 e. The zero-order chi connectivity index (χ0) is 17.6. The minimum absolute atomic E-state index is 0.0118. The van der Waals surface area contributed by atoms with Crippen molar-refractivity contribution in [3.63, 3.8) is 0 Å². The molecule has 2 aromatic rings. The number of anilines is 1. The summed E-state index contributed by atoms with van der Waals surface area (Å²) in [7, 11) is 0. The molecule has 0 unspecified atom stereocenters. The van der Waals surface area contributed by atoms with E-state index in [1.807, 2.05) is 18.3 Å². The number of rotatable bonds is 5. The first-order chi connectivity index (χ1) is 12.2. The maximum absolute atomic E-state index is 11.6. The highest BCUT2D eigenvalue weighted by atomic mass is 16.1. The Balaban J connectivity index is 1.60. The van der Waals surface area contributed by atoms with E-state index in [1.165, 1.54) is 0 Å². The monoisotopic (exact) mass is 334 g/mol. The smallest absolute Gasteiger partial charge is 0.159 e. The van der Waals surface area contributed by atoms with Gasteiger partial charge in [0, 0.05) is 37.4 Å². The number of nitrogens with one attached hydrogen (secondary N) is 1. The third-order valence-electron chi connectivity index (χ3n) is 4.61. The van der Waals surface area contributed by atoms with Crippen LogP contribution in [-0.4, -0.2) is 34.8 Å². The van der Waals surface area contributed by atoms with Crippen molar-refractivity contribution in [3.05, 3.63) is 59.4 Å². The van der Waals surface area contributed by atoms with Gasteiger partial charge in [-0.2, -0.15) is 5.26 Å². The molecule has 0 aliphatic carbocycles. The molecule has 25 heavy (non-hydrogen) atoms. The van der Waals surface area contributed by atoms with E-state index in [0.717, 1.165) is 43.9 Å². The number of carbonyl (C=O) groups is 1. The lowest BCUT2D eigenvalue weighted by Gasteiger charge is -2.32. The van der Waals surface area contributed by atoms with E-state index in [9.17, 15) is 10.1 Å². The molecule has 1 aromatic heterocycles. The minimum Gasteiger partial charge on any atom is -0.381 e. The van der Waals surface area contributed by atoms with E-state index in [2.05, 4.69) is 27.3 Å². The first-order valence-corrected chi connectivity index (χ1v) is 8.59. The summed E-state index contributed by atoms with van der Waals surface area (Å²) in [6.07, 6.45) is 3.83. The average Bonchev–Trinajstić information content (AvgIpc) is 2.64. The molecule has 128 valence electrons. The lowest BCUT2D eigenvalue weighted by atomic mass is 10.0. The molecule has 5 nitrogen and oxygen atoms in total. The van der Waals surface area contributed by atoms with Crippen molar-refractivity contribution >= 4 is 11.5 Å². The molecular formula is C20H22N4O. The van der Waals surface area contributed by atoms with Gasteiger partial charge >= 0.3 is 0 Å². The number of Topliss-reactive ketones (excluding diaryl/α,β-unsaturated/α-hetero) is 1. The summed E-state index contributed by atoms with van der Waals surface area (Å²) in [4.78, 5) is 18.4. The van der Waals surface area contributed by atoms with E-state index in [1.54, 1.807) is 25.1 Å². The zero-order valence-electron chi connectivity index (χ0n) is 14.4. The van der Waals surface area contributed by atoms with Crippen molar-refractivity contribution in [2.45, 2.75) is 32.4 Å². The van der Waals surface area contributed by atoms with Crippen LogP contribution in [-0.2, 0) is 6.54 Å². The topological polar surface area (TPSA) is 69.0 Å². The first-order valence-electron chi connectivity index (χ1n) is 8.59. The molecule has 0 spiro atoms. The van der Waals surface area contributed by atoms with Crippen LogP contribution < -0.4 is 5.32 Å². The summed E-state index contributed by atoms with van der Waals surface area (Å²) in [6.45, 7) is 4.39. The lowest BCUT2D eigenvalue weighted by molar-refractivity contribution is 0.101. The molecule has 0 saturated carbocycles. The van der Waals surface area contributed by atoms with Crippen LogP contribution in [0.5, 0.6) is 0 Å². The molecule has 1 fully saturated rings. The Morgan fingerprint density at radius 2 is 2.12 bits per heavy atom. The van der Waals surface area contributed by atoms with Crippen LogP contribution in [0.3, 0.4) is 0 Å². The van der Waals surface area contributed by atoms with Crippen LogP contribution in [0, 0.1) is 11.3 Å². The number of carbonyl (C=O) groups excluding carboxylic acids is 1. The Hall–Kier alpha value is -2.71. The third kappa shape index (κ3) is 4.43. The van der Waals surface area contributed by atoms with Crippen molar-refractivity contribution < 1.29 is 4.79 Å². The average molecular weight is 334 g/mol. The number of ketones is 1. The van der Waals surface area contributed by atoms with Crippen LogP contribution in [0.4, 0.5) is 5.69 Å². The zero-order valence-corrected chi connectivity index (χ0v) is 14.4. The van der Waals surface area contributed by atoms with E-state index in [4.69, 9.17) is 0 Å². The number of aromatic nitrogens is 1. The Morgan fingerprint density at radius 1 is 1.32 bits per heavy atom. The van der Waals surface area contributed by atoms with Crippen molar-refractivity contribution in [2.75, 3.05) is 18.4 Å². The van der Waals surface area contributed by atoms with Gasteiger partial charge in [0.15, 0.2) is 5.78 Å². The molecule has 0 amide bonds. The Bertz CT molecular complexity index is 774. The quantitative estimate of drug-likeness (QED) is 0.850. The van der Waals surface area contributed by atoms with Gasteiger partial charge in [-0.15, -0.1) is 0 Å². The van der Waals surface area contributed by atoms with Gasteiger partial charge in [-0.1, -0.05) is 6.07 Å². The summed E-state index contributed by atoms with van der Waals surface area (Å²) in [5.74, 6) is 0.0118. The molecular weight excluding hydrogens is 312 g/mol. The molecule has 0 bridgehead atoms. The molecule has 1 saturated heterocycles. The van der Waals surface area contributed by atoms with Crippen LogP contribution in [0.15, 0.2) is 42.6 Å². The highest BCUT2D eigenvalue weighted by molar-refractivity contribution is 5.95. The van der Waals surface area contributed by atoms with Crippen molar-refractivity contribution in [1.82, 2.24) is 9.88 Å². The van der Waals surface area contributed by atoms with Crippen LogP contribution in [0.2, 0.25) is 0 Å². The second-order valence-electron chi connectivity index (χ2n) is 6.44. The van der Waals surface area contributed by atoms with Gasteiger partial charge < -0.3 is 5.32 Å². The van der Waals surface area contributed by atoms with Crippen molar-refractivity contribution in [1.29, 1.82) is 5.26 Å². The second-order valence-corrected chi connectivity index (χ2v) is 6.44. The van der Waals surface area contributed by atoms with Crippen LogP contribution >= 0.6 is 0 Å². The summed E-state index contributed by atoms with van der Waals surface area (Å²) < 4.78 is 0. The highest BCUT2D eigenvalue weighted by Gasteiger charge is 2.20. The van der Waals surface area contributed by atoms with E-state index in [0.29, 0.717) is 17.2 Å². The molecule has 2 heterocycles. The van der Waals surface area contributed by atoms with Crippen molar-refractivity contribution in [2.24, 2.45) is 0 Å². The van der Waals surface area contributed by atoms with Crippen LogP contribution in [0.25, 0.3) is 0 Å². The predicted octanol–water partition coefficient (Wildman–Crippen LogP) is 3.23. The van der Waals surface area contributed by atoms with Crippen LogP contribution in [0.1, 0.15) is 41.4 Å². The third-order valence-corrected chi connectivity index (χ3v) is 4.61. The standard InChI is InChI=1S/C20H22N4O/c1-15(25)16-5-6-17(13-21)20(12-16)23-18-7-10-24(11-8-18)14-19-4-2-3-9-22-19/h2-6,9,12,18,23H,7-8,10-11,14H2,1H3. The predicted molar refractivity (Wildman–Crippen MR) is 97.3 cm³/mol. The van der Waals surface area contributed by atoms with Crippen molar-refractivity contribution in [3.8, 4) is 6.07 Å². The summed E-state index contributed by atoms with van der Waals surface area (Å²) in [5.41, 5.74) is 3.07. The van der Waals surface area contributed by atoms with Gasteiger partial charge in [0.25, 0.3) is 0 Å². The number of nitrogens with zero attached hydrogens (tertiary/aromatic N) is 3. The molecule has 0 radical (unpaired) electrons. The summed E-state index contributed by atoms with van der Waals surface area (Å²) >= 11 is 0. The van der Waals surface area contributed by atoms with E-state index in [-0.39, 0.29) is 5.78 Å². The number of nitriles is 1. The molecule has 1 aromatic carbocycles. The molecule has 1 aliphatic heterocycles. The van der Waals surface area contributed by atoms with Gasteiger partial charge in [-0.05, 0) is 50.1 Å². The number of benzene rings is 1. The fourth-order valence-electron chi connectivity index (χ4n) is 3.16. The molecule has 5 heteroatoms. The number of pyridine rings is 1. The lowest BCUT2D eigenvalue weighted by Crippen LogP contribution is -2.38. The number of hydrogen-bond donors (Lipinski definition) is 1. The van der Waals surface area contributed by atoms with Gasteiger partial charge in [-0.25, -0.2) is 0 Å². The first kappa shape index (κ1) is 17.1. The fraction of sp³-hybridized carbons (Fsp3) is 0.350. The SMILES string of the molecule is CC(=O)c1ccc(C#N)c(NC2CCN(Cc3ccccn3)CC2)c1. The fourth-order valence-corrected chi connectivity index (χ4v) is 3.16. The van der Waals surface area contributed by atoms with E-state index < -0.39 is 0 Å². The second kappa shape index (κ2) is 7.91. The Morgan fingerprint density at radius 3 is 2.76 bits per heavy atom. The summed E-state index contributed by atoms with van der Waals surface area (Å²) in [5, 5.41) is 12.8. The van der Waals surface area contributed by atoms with Gasteiger partial charge in [0.05, 0.1) is 16.9 Å². The Labute approximate surface area is 148 Å². The molecule has 1 N–H and O–H groups in total. The van der Waals surface area contributed by atoms with E-state index >= 15 is 0 Å². The minimum atomic E-state index is 0.0118. The molecule has 1 aliphatic rings. The number of hydrogen-bond acceptors (Lipinski definition) is 5. The largest absolute Gasteiger partial charge is 0.381 e. The maximum atomic E-state index is 11.6. The summed E-state index contributed by atoms with van der Waals surface area (Å²) in [6, 6.07) is 13.7. The number of piperidine rings is 1. The molecule has 0 atom stereocenters. The van der Waals surface area contributed by atoms with Gasteiger partial charge in [0.2, 0.25) is 0 Å². The Kier molecular flexibility index (Phi) is 5.42. The normalized spacial score (nSPS) is 15.5. The highest BCUT2D eigenvalue weighted by Crippen LogP contribution is 2.22. The van der Waals surface area contributed by atoms with Gasteiger partial charge in [0.1, 0.15) is 6.07 Å².